The number of non-ortho nitro benzene ring substituents is 1. The summed E-state index contributed by atoms with van der Waals surface area (Å²) < 4.78 is 26.2. The number of H-pyrrole nitrogens is 1. The second kappa shape index (κ2) is 4.98. The second-order valence-corrected chi connectivity index (χ2v) is 5.31. The van der Waals surface area contributed by atoms with Gasteiger partial charge in [-0.1, -0.05) is 0 Å². The molecule has 0 aliphatic heterocycles. The molecule has 1 aromatic carbocycles. The molecule has 0 saturated carbocycles. The Bertz CT molecular complexity index is 788. The fourth-order valence-electron chi connectivity index (χ4n) is 1.39. The summed E-state index contributed by atoms with van der Waals surface area (Å²) in [6.07, 6.45) is 1.17. The van der Waals surface area contributed by atoms with E-state index in [2.05, 4.69) is 14.9 Å². The van der Waals surface area contributed by atoms with E-state index in [1.807, 2.05) is 0 Å². The quantitative estimate of drug-likeness (QED) is 0.635. The van der Waals surface area contributed by atoms with Crippen molar-refractivity contribution in [2.75, 3.05) is 4.72 Å². The van der Waals surface area contributed by atoms with Gasteiger partial charge in [0.15, 0.2) is 5.82 Å². The van der Waals surface area contributed by atoms with Crippen LogP contribution in [0.4, 0.5) is 11.5 Å². The lowest BCUT2D eigenvalue weighted by Crippen LogP contribution is -2.14. The van der Waals surface area contributed by atoms with Gasteiger partial charge in [0, 0.05) is 12.1 Å². The molecular formula is C10H7N5O4S. The molecule has 1 aromatic heterocycles. The number of sulfonamides is 1. The molecule has 102 valence electrons. The van der Waals surface area contributed by atoms with Crippen LogP contribution in [-0.2, 0) is 10.0 Å². The van der Waals surface area contributed by atoms with Gasteiger partial charge in [0.25, 0.3) is 15.7 Å². The normalized spacial score (nSPS) is 10.8. The van der Waals surface area contributed by atoms with Gasteiger partial charge in [-0.05, 0) is 12.1 Å². The molecule has 0 radical (unpaired) electrons. The molecule has 0 amide bonds. The zero-order chi connectivity index (χ0) is 14.8. The van der Waals surface area contributed by atoms with Crippen LogP contribution in [0.15, 0.2) is 35.4 Å². The third-order valence-electron chi connectivity index (χ3n) is 2.35. The van der Waals surface area contributed by atoms with Crippen LogP contribution in [0.2, 0.25) is 0 Å². The average Bonchev–Trinajstić information content (AvgIpc) is 2.85. The number of nitrogens with one attached hydrogen (secondary N) is 2. The van der Waals surface area contributed by atoms with Gasteiger partial charge >= 0.3 is 0 Å². The standard InChI is InChI=1S/C10H7N5O4S/c11-5-7-6-12-13-10(7)14-20(18,19)9-3-1-8(2-4-9)15(16)17/h1-4,6H,(H2,12,13,14). The molecule has 2 rings (SSSR count). The highest BCUT2D eigenvalue weighted by molar-refractivity contribution is 7.92. The van der Waals surface area contributed by atoms with E-state index < -0.39 is 14.9 Å². The summed E-state index contributed by atoms with van der Waals surface area (Å²) in [5.74, 6) is -0.0640. The van der Waals surface area contributed by atoms with Crippen molar-refractivity contribution in [2.24, 2.45) is 0 Å². The summed E-state index contributed by atoms with van der Waals surface area (Å²) in [5, 5.41) is 25.1. The maximum Gasteiger partial charge on any atom is 0.269 e. The largest absolute Gasteiger partial charge is 0.269 e. The molecule has 0 unspecified atom stereocenters. The number of nitro groups is 1. The van der Waals surface area contributed by atoms with Crippen LogP contribution in [0, 0.1) is 21.4 Å². The van der Waals surface area contributed by atoms with Crippen LogP contribution in [0.25, 0.3) is 0 Å². The number of rotatable bonds is 4. The first-order chi connectivity index (χ1) is 9.44. The first-order valence-corrected chi connectivity index (χ1v) is 6.63. The monoisotopic (exact) mass is 293 g/mol. The first kappa shape index (κ1) is 13.5. The van der Waals surface area contributed by atoms with E-state index in [1.54, 1.807) is 6.07 Å². The third kappa shape index (κ3) is 2.57. The van der Waals surface area contributed by atoms with Gasteiger partial charge < -0.3 is 0 Å². The number of nitrogens with zero attached hydrogens (tertiary/aromatic N) is 3. The van der Waals surface area contributed by atoms with Crippen molar-refractivity contribution in [1.82, 2.24) is 10.2 Å². The Morgan fingerprint density at radius 1 is 1.35 bits per heavy atom. The Hall–Kier alpha value is -2.93. The maximum atomic E-state index is 12.0. The van der Waals surface area contributed by atoms with Gasteiger partial charge in [-0.25, -0.2) is 8.42 Å². The number of nitro benzene ring substituents is 1. The van der Waals surface area contributed by atoms with E-state index in [1.165, 1.54) is 6.20 Å². The lowest BCUT2D eigenvalue weighted by molar-refractivity contribution is -0.384. The summed E-state index contributed by atoms with van der Waals surface area (Å²) in [5.41, 5.74) is -0.182. The molecule has 0 aliphatic rings. The van der Waals surface area contributed by atoms with Crippen LogP contribution in [-0.4, -0.2) is 23.5 Å². The molecule has 9 nitrogen and oxygen atoms in total. The zero-order valence-electron chi connectivity index (χ0n) is 9.77. The van der Waals surface area contributed by atoms with Gasteiger partial charge in [-0.15, -0.1) is 0 Å². The van der Waals surface area contributed by atoms with E-state index >= 15 is 0 Å². The van der Waals surface area contributed by atoms with Crippen LogP contribution >= 0.6 is 0 Å². The van der Waals surface area contributed by atoms with E-state index in [0.29, 0.717) is 0 Å². The van der Waals surface area contributed by atoms with E-state index in [4.69, 9.17) is 5.26 Å². The van der Waals surface area contributed by atoms with Crippen LogP contribution in [0.1, 0.15) is 5.56 Å². The first-order valence-electron chi connectivity index (χ1n) is 5.15. The van der Waals surface area contributed by atoms with Crippen molar-refractivity contribution in [1.29, 1.82) is 5.26 Å². The number of nitriles is 1. The fraction of sp³-hybridized carbons (Fsp3) is 0. The number of anilines is 1. The van der Waals surface area contributed by atoms with Crippen LogP contribution < -0.4 is 4.72 Å². The minimum Gasteiger partial charge on any atom is -0.263 e. The van der Waals surface area contributed by atoms with Crippen molar-refractivity contribution in [3.63, 3.8) is 0 Å². The highest BCUT2D eigenvalue weighted by atomic mass is 32.2. The predicted molar refractivity (Wildman–Crippen MR) is 67.2 cm³/mol. The number of hydrogen-bond donors (Lipinski definition) is 2. The molecule has 20 heavy (non-hydrogen) atoms. The van der Waals surface area contributed by atoms with E-state index in [0.717, 1.165) is 24.3 Å². The van der Waals surface area contributed by atoms with Crippen molar-refractivity contribution < 1.29 is 13.3 Å². The summed E-state index contributed by atoms with van der Waals surface area (Å²) in [6, 6.07) is 6.12. The van der Waals surface area contributed by atoms with E-state index in [9.17, 15) is 18.5 Å². The van der Waals surface area contributed by atoms with Crippen molar-refractivity contribution >= 4 is 21.5 Å². The average molecular weight is 293 g/mol. The number of aromatic nitrogens is 2. The second-order valence-electron chi connectivity index (χ2n) is 3.63. The highest BCUT2D eigenvalue weighted by Crippen LogP contribution is 2.19. The van der Waals surface area contributed by atoms with Gasteiger partial charge in [0.2, 0.25) is 0 Å². The Kier molecular flexibility index (Phi) is 3.36. The molecular weight excluding hydrogens is 286 g/mol. The Labute approximate surface area is 113 Å². The van der Waals surface area contributed by atoms with Gasteiger partial charge in [0.05, 0.1) is 16.0 Å². The van der Waals surface area contributed by atoms with Crippen LogP contribution in [0.3, 0.4) is 0 Å². The Morgan fingerprint density at radius 2 is 2.00 bits per heavy atom. The Balaban J connectivity index is 2.31. The predicted octanol–water partition coefficient (Wildman–Crippen LogP) is 0.990. The molecule has 0 bridgehead atoms. The van der Waals surface area contributed by atoms with Crippen molar-refractivity contribution in [3.05, 3.63) is 46.1 Å². The number of hydrogen-bond acceptors (Lipinski definition) is 6. The molecule has 0 saturated heterocycles. The number of benzene rings is 1. The van der Waals surface area contributed by atoms with Crippen molar-refractivity contribution in [2.45, 2.75) is 4.90 Å². The minimum atomic E-state index is -3.95. The summed E-state index contributed by atoms with van der Waals surface area (Å²) in [4.78, 5) is 9.70. The molecule has 0 atom stereocenters. The molecule has 0 spiro atoms. The maximum absolute atomic E-state index is 12.0. The van der Waals surface area contributed by atoms with E-state index in [-0.39, 0.29) is 22.0 Å². The molecule has 1 heterocycles. The third-order valence-corrected chi connectivity index (χ3v) is 3.72. The smallest absolute Gasteiger partial charge is 0.263 e. The van der Waals surface area contributed by atoms with Gasteiger partial charge in [-0.3, -0.25) is 19.9 Å². The SMILES string of the molecule is N#Cc1cn[nH]c1NS(=O)(=O)c1ccc([N+](=O)[O-])cc1. The van der Waals surface area contributed by atoms with Crippen molar-refractivity contribution in [3.8, 4) is 6.07 Å². The lowest BCUT2D eigenvalue weighted by atomic mass is 10.3. The minimum absolute atomic E-state index is 0.0375. The zero-order valence-corrected chi connectivity index (χ0v) is 10.6. The number of aromatic amines is 1. The summed E-state index contributed by atoms with van der Waals surface area (Å²) in [7, 11) is -3.95. The molecule has 2 N–H and O–H groups in total. The lowest BCUT2D eigenvalue weighted by Gasteiger charge is -2.05. The summed E-state index contributed by atoms with van der Waals surface area (Å²) in [6.45, 7) is 0. The highest BCUT2D eigenvalue weighted by Gasteiger charge is 2.18. The Morgan fingerprint density at radius 3 is 2.55 bits per heavy atom. The van der Waals surface area contributed by atoms with Crippen LogP contribution in [0.5, 0.6) is 0 Å². The van der Waals surface area contributed by atoms with Gasteiger partial charge in [0.1, 0.15) is 11.6 Å². The molecule has 10 heteroatoms. The molecule has 2 aromatic rings. The molecule has 0 aliphatic carbocycles. The topological polar surface area (TPSA) is 142 Å². The molecule has 0 fully saturated rings. The van der Waals surface area contributed by atoms with Gasteiger partial charge in [-0.2, -0.15) is 10.4 Å². The fourth-order valence-corrected chi connectivity index (χ4v) is 2.43. The summed E-state index contributed by atoms with van der Waals surface area (Å²) >= 11 is 0.